The van der Waals surface area contributed by atoms with Crippen molar-refractivity contribution in [3.63, 3.8) is 0 Å². The lowest BCUT2D eigenvalue weighted by molar-refractivity contribution is -0.100. The number of aliphatic hydroxyl groups excluding tert-OH is 5. The average molecular weight is 195 g/mol. The molecule has 0 heterocycles. The average Bonchev–Trinajstić information content (AvgIpc) is 2.14. The molecule has 78 valence electrons. The van der Waals surface area contributed by atoms with Crippen LogP contribution in [0.3, 0.4) is 0 Å². The second-order valence-corrected chi connectivity index (χ2v) is 2.49. The summed E-state index contributed by atoms with van der Waals surface area (Å²) in [5.41, 5.74) is 0. The molecule has 4 atom stereocenters. The van der Waals surface area contributed by atoms with Gasteiger partial charge in [-0.05, 0) is 0 Å². The van der Waals surface area contributed by atoms with Crippen LogP contribution in [0, 0.1) is 0 Å². The molecular formula is C6H13NO6. The van der Waals surface area contributed by atoms with Crippen molar-refractivity contribution in [3.05, 3.63) is 0 Å². The van der Waals surface area contributed by atoms with Crippen molar-refractivity contribution in [2.24, 2.45) is 5.16 Å². The van der Waals surface area contributed by atoms with Crippen LogP contribution < -0.4 is 0 Å². The number of rotatable bonds is 5. The van der Waals surface area contributed by atoms with Crippen molar-refractivity contribution >= 4 is 6.21 Å². The summed E-state index contributed by atoms with van der Waals surface area (Å²) in [5.74, 6) is 0. The first-order valence-electron chi connectivity index (χ1n) is 3.55. The van der Waals surface area contributed by atoms with Gasteiger partial charge >= 0.3 is 0 Å². The predicted molar refractivity (Wildman–Crippen MR) is 41.4 cm³/mol. The molecule has 0 radical (unpaired) electrons. The number of nitrogens with zero attached hydrogens (tertiary/aromatic N) is 1. The molecule has 0 aromatic rings. The highest BCUT2D eigenvalue weighted by atomic mass is 16.4. The Kier molecular flexibility index (Phi) is 5.51. The molecule has 7 nitrogen and oxygen atoms in total. The van der Waals surface area contributed by atoms with E-state index < -0.39 is 31.0 Å². The lowest BCUT2D eigenvalue weighted by Gasteiger charge is -2.23. The van der Waals surface area contributed by atoms with E-state index in [2.05, 4.69) is 5.16 Å². The van der Waals surface area contributed by atoms with Gasteiger partial charge in [0, 0.05) is 0 Å². The minimum absolute atomic E-state index is 0.581. The Bertz CT molecular complexity index is 163. The molecule has 0 aliphatic heterocycles. The first kappa shape index (κ1) is 12.3. The lowest BCUT2D eigenvalue weighted by atomic mass is 10.0. The summed E-state index contributed by atoms with van der Waals surface area (Å²) < 4.78 is 0. The summed E-state index contributed by atoms with van der Waals surface area (Å²) in [6.07, 6.45) is -6.02. The zero-order valence-electron chi connectivity index (χ0n) is 6.72. The standard InChI is InChI=1S/C6H13NO6/c8-2-4(10)6(12)5(11)3(9)1-7-13/h1,3-6,8-13H,2H2/t3-,4+,5+,6+/m0/s1. The molecule has 0 aromatic carbocycles. The Hall–Kier alpha value is -0.730. The molecule has 0 bridgehead atoms. The largest absolute Gasteiger partial charge is 0.411 e. The van der Waals surface area contributed by atoms with Crippen molar-refractivity contribution in [2.45, 2.75) is 24.4 Å². The molecule has 0 amide bonds. The van der Waals surface area contributed by atoms with Crippen LogP contribution in [-0.2, 0) is 0 Å². The first-order chi connectivity index (χ1) is 6.04. The van der Waals surface area contributed by atoms with Gasteiger partial charge in [-0.25, -0.2) is 0 Å². The number of aliphatic hydroxyl groups is 5. The van der Waals surface area contributed by atoms with Gasteiger partial charge in [-0.3, -0.25) is 0 Å². The summed E-state index contributed by atoms with van der Waals surface area (Å²) in [7, 11) is 0. The van der Waals surface area contributed by atoms with E-state index in [1.54, 1.807) is 0 Å². The molecule has 6 N–H and O–H groups in total. The number of hydrogen-bond acceptors (Lipinski definition) is 7. The summed E-state index contributed by atoms with van der Waals surface area (Å²) in [5, 5.41) is 54.6. The second-order valence-electron chi connectivity index (χ2n) is 2.49. The Morgan fingerprint density at radius 2 is 1.62 bits per heavy atom. The Balaban J connectivity index is 4.15. The van der Waals surface area contributed by atoms with Gasteiger partial charge in [-0.15, -0.1) is 0 Å². The summed E-state index contributed by atoms with van der Waals surface area (Å²) >= 11 is 0. The Labute approximate surface area is 74.2 Å². The fourth-order valence-electron chi connectivity index (χ4n) is 0.694. The SMILES string of the molecule is OC[C@@H](O)[C@@H](O)[C@H](O)[C@@H](O)C=NO. The third-order valence-corrected chi connectivity index (χ3v) is 1.50. The highest BCUT2D eigenvalue weighted by molar-refractivity contribution is 5.62. The van der Waals surface area contributed by atoms with Crippen LogP contribution in [0.5, 0.6) is 0 Å². The first-order valence-corrected chi connectivity index (χ1v) is 3.55. The molecule has 0 spiro atoms. The van der Waals surface area contributed by atoms with E-state index in [1.165, 1.54) is 0 Å². The van der Waals surface area contributed by atoms with E-state index in [9.17, 15) is 0 Å². The molecule has 7 heteroatoms. The summed E-state index contributed by atoms with van der Waals surface area (Å²) in [6.45, 7) is -0.749. The van der Waals surface area contributed by atoms with Crippen LogP contribution in [0.4, 0.5) is 0 Å². The van der Waals surface area contributed by atoms with E-state index >= 15 is 0 Å². The van der Waals surface area contributed by atoms with Crippen LogP contribution in [-0.4, -0.2) is 68.0 Å². The van der Waals surface area contributed by atoms with Crippen molar-refractivity contribution in [2.75, 3.05) is 6.61 Å². The Morgan fingerprint density at radius 1 is 1.08 bits per heavy atom. The molecule has 0 aromatic heterocycles. The van der Waals surface area contributed by atoms with Gasteiger partial charge in [0.05, 0.1) is 12.8 Å². The highest BCUT2D eigenvalue weighted by Gasteiger charge is 2.29. The van der Waals surface area contributed by atoms with Crippen LogP contribution in [0.2, 0.25) is 0 Å². The molecule has 0 saturated carbocycles. The van der Waals surface area contributed by atoms with Gasteiger partial charge in [0.25, 0.3) is 0 Å². The fourth-order valence-corrected chi connectivity index (χ4v) is 0.694. The van der Waals surface area contributed by atoms with Crippen molar-refractivity contribution in [1.29, 1.82) is 0 Å². The Morgan fingerprint density at radius 3 is 2.00 bits per heavy atom. The molecule has 0 rings (SSSR count). The summed E-state index contributed by atoms with van der Waals surface area (Å²) in [6, 6.07) is 0. The van der Waals surface area contributed by atoms with E-state index in [0.717, 1.165) is 0 Å². The lowest BCUT2D eigenvalue weighted by Crippen LogP contribution is -2.46. The zero-order valence-corrected chi connectivity index (χ0v) is 6.72. The van der Waals surface area contributed by atoms with E-state index in [-0.39, 0.29) is 0 Å². The van der Waals surface area contributed by atoms with Gasteiger partial charge in [0.2, 0.25) is 0 Å². The van der Waals surface area contributed by atoms with Gasteiger partial charge in [0.15, 0.2) is 0 Å². The van der Waals surface area contributed by atoms with E-state index in [4.69, 9.17) is 30.7 Å². The molecule has 0 saturated heterocycles. The van der Waals surface area contributed by atoms with Crippen molar-refractivity contribution in [1.82, 2.24) is 0 Å². The monoisotopic (exact) mass is 195 g/mol. The van der Waals surface area contributed by atoms with Gasteiger partial charge in [0.1, 0.15) is 24.4 Å². The predicted octanol–water partition coefficient (Wildman–Crippen LogP) is -3.12. The topological polar surface area (TPSA) is 134 Å². The maximum atomic E-state index is 9.05. The normalized spacial score (nSPS) is 21.3. The molecule has 0 unspecified atom stereocenters. The maximum absolute atomic E-state index is 9.05. The van der Waals surface area contributed by atoms with Crippen LogP contribution >= 0.6 is 0 Å². The molecule has 0 aliphatic rings. The van der Waals surface area contributed by atoms with Gasteiger partial charge in [-0.1, -0.05) is 5.16 Å². The van der Waals surface area contributed by atoms with Crippen LogP contribution in [0.1, 0.15) is 0 Å². The third kappa shape index (κ3) is 3.66. The molecule has 0 fully saturated rings. The molecule has 0 aliphatic carbocycles. The quantitative estimate of drug-likeness (QED) is 0.156. The minimum atomic E-state index is -1.72. The smallest absolute Gasteiger partial charge is 0.121 e. The number of oxime groups is 1. The van der Waals surface area contributed by atoms with E-state index in [0.29, 0.717) is 6.21 Å². The van der Waals surface area contributed by atoms with Crippen molar-refractivity contribution < 1.29 is 30.7 Å². The molecule has 13 heavy (non-hydrogen) atoms. The summed E-state index contributed by atoms with van der Waals surface area (Å²) in [4.78, 5) is 0. The number of hydrogen-bond donors (Lipinski definition) is 6. The van der Waals surface area contributed by atoms with Gasteiger partial charge in [-0.2, -0.15) is 0 Å². The van der Waals surface area contributed by atoms with Crippen LogP contribution in [0.15, 0.2) is 5.16 Å². The second kappa shape index (κ2) is 5.84. The maximum Gasteiger partial charge on any atom is 0.121 e. The fraction of sp³-hybridized carbons (Fsp3) is 0.833. The molecular weight excluding hydrogens is 182 g/mol. The van der Waals surface area contributed by atoms with Crippen LogP contribution in [0.25, 0.3) is 0 Å². The third-order valence-electron chi connectivity index (χ3n) is 1.50. The highest BCUT2D eigenvalue weighted by Crippen LogP contribution is 2.03. The van der Waals surface area contributed by atoms with E-state index in [1.807, 2.05) is 0 Å². The zero-order chi connectivity index (χ0) is 10.4. The minimum Gasteiger partial charge on any atom is -0.411 e. The van der Waals surface area contributed by atoms with Gasteiger partial charge < -0.3 is 30.7 Å². The van der Waals surface area contributed by atoms with Crippen molar-refractivity contribution in [3.8, 4) is 0 Å².